The van der Waals surface area contributed by atoms with E-state index in [4.69, 9.17) is 14.2 Å². The van der Waals surface area contributed by atoms with E-state index in [1.807, 2.05) is 36.9 Å². The molecule has 1 aromatic rings. The Morgan fingerprint density at radius 3 is 2.52 bits per heavy atom. The Hall–Kier alpha value is -1.71. The Morgan fingerprint density at radius 1 is 1.10 bits per heavy atom. The van der Waals surface area contributed by atoms with E-state index in [-0.39, 0.29) is 25.7 Å². The first-order chi connectivity index (χ1) is 14.7. The van der Waals surface area contributed by atoms with E-state index in [9.17, 15) is 15.0 Å². The zero-order chi connectivity index (χ0) is 22.5. The number of ether oxygens (including phenoxy) is 3. The zero-order valence-corrected chi connectivity index (χ0v) is 18.9. The number of aliphatic hydroxyl groups is 2. The monoisotopic (exact) mass is 436 g/mol. The number of benzene rings is 1. The topological polar surface area (TPSA) is 91.7 Å². The smallest absolute Gasteiger partial charge is 0.248 e. The van der Waals surface area contributed by atoms with Crippen LogP contribution in [0.15, 0.2) is 18.2 Å². The van der Waals surface area contributed by atoms with E-state index in [2.05, 4.69) is 0 Å². The van der Waals surface area contributed by atoms with E-state index < -0.39 is 11.2 Å². The van der Waals surface area contributed by atoms with Crippen LogP contribution in [0.5, 0.6) is 5.75 Å². The summed E-state index contributed by atoms with van der Waals surface area (Å²) < 4.78 is 16.4. The molecule has 8 nitrogen and oxygen atoms in total. The highest BCUT2D eigenvalue weighted by Gasteiger charge is 2.40. The Labute approximate surface area is 184 Å². The minimum atomic E-state index is -1.28. The Kier molecular flexibility index (Phi) is 7.93. The molecule has 1 atom stereocenters. The molecule has 2 aliphatic rings. The molecule has 0 bridgehead atoms. The number of carbonyl (C=O) groups excluding carboxylic acids is 1. The minimum absolute atomic E-state index is 0.0324. The lowest BCUT2D eigenvalue weighted by Gasteiger charge is -2.38. The third kappa shape index (κ3) is 6.63. The number of carbonyl (C=O) groups is 1. The molecule has 0 aliphatic carbocycles. The summed E-state index contributed by atoms with van der Waals surface area (Å²) in [4.78, 5) is 16.2. The van der Waals surface area contributed by atoms with Crippen LogP contribution in [0, 0.1) is 13.8 Å². The molecule has 2 saturated heterocycles. The van der Waals surface area contributed by atoms with Crippen molar-refractivity contribution in [1.82, 2.24) is 9.80 Å². The normalized spacial score (nSPS) is 24.6. The summed E-state index contributed by atoms with van der Waals surface area (Å²) in [5.74, 6) is 0.517. The van der Waals surface area contributed by atoms with Crippen LogP contribution in [0.3, 0.4) is 0 Å². The largest absolute Gasteiger partial charge is 0.490 e. The Bertz CT molecular complexity index is 752. The first-order valence-corrected chi connectivity index (χ1v) is 10.9. The summed E-state index contributed by atoms with van der Waals surface area (Å²) in [7, 11) is 1.48. The highest BCUT2D eigenvalue weighted by molar-refractivity contribution is 5.77. The van der Waals surface area contributed by atoms with Gasteiger partial charge in [0.2, 0.25) is 5.91 Å². The second-order valence-corrected chi connectivity index (χ2v) is 9.05. The number of β-amino-alcohol motifs (C(OH)–C–C–N with tert-alkyl or cyclic N) is 2. The van der Waals surface area contributed by atoms with Gasteiger partial charge in [-0.05, 0) is 37.1 Å². The molecule has 2 N–H and O–H groups in total. The highest BCUT2D eigenvalue weighted by atomic mass is 16.5. The van der Waals surface area contributed by atoms with Gasteiger partial charge < -0.3 is 29.3 Å². The van der Waals surface area contributed by atoms with Crippen LogP contribution in [0.25, 0.3) is 0 Å². The second kappa shape index (κ2) is 10.3. The van der Waals surface area contributed by atoms with Crippen LogP contribution in [0.1, 0.15) is 24.0 Å². The summed E-state index contributed by atoms with van der Waals surface area (Å²) >= 11 is 0. The molecule has 1 aromatic carbocycles. The summed E-state index contributed by atoms with van der Waals surface area (Å²) in [6, 6.07) is 5.83. The standard InChI is InChI=1S/C23H36N2O6/c1-18-4-5-20(12-19(18)2)31-17-23(28)15-24(14-22(27)6-10-30-11-7-22)8-9-25(16-23)21(26)13-29-3/h4-5,12,27-28H,6-11,13-17H2,1-3H3/t23-/m1/s1. The van der Waals surface area contributed by atoms with E-state index in [0.717, 1.165) is 5.56 Å². The van der Waals surface area contributed by atoms with E-state index in [0.29, 0.717) is 58.0 Å². The van der Waals surface area contributed by atoms with Gasteiger partial charge in [0.1, 0.15) is 24.6 Å². The second-order valence-electron chi connectivity index (χ2n) is 9.05. The van der Waals surface area contributed by atoms with Crippen LogP contribution >= 0.6 is 0 Å². The molecule has 1 amide bonds. The van der Waals surface area contributed by atoms with Crippen LogP contribution < -0.4 is 4.74 Å². The number of methoxy groups -OCH3 is 1. The number of hydrogen-bond donors (Lipinski definition) is 2. The average molecular weight is 437 g/mol. The maximum absolute atomic E-state index is 12.5. The molecule has 0 aromatic heterocycles. The molecule has 31 heavy (non-hydrogen) atoms. The summed E-state index contributed by atoms with van der Waals surface area (Å²) in [5.41, 5.74) is 0.165. The lowest BCUT2D eigenvalue weighted by Crippen LogP contribution is -2.55. The third-order valence-corrected chi connectivity index (χ3v) is 6.24. The van der Waals surface area contributed by atoms with Gasteiger partial charge in [-0.1, -0.05) is 6.07 Å². The van der Waals surface area contributed by atoms with Crippen molar-refractivity contribution in [2.45, 2.75) is 37.9 Å². The van der Waals surface area contributed by atoms with Gasteiger partial charge in [-0.25, -0.2) is 0 Å². The van der Waals surface area contributed by atoms with Crippen molar-refractivity contribution in [1.29, 1.82) is 0 Å². The van der Waals surface area contributed by atoms with Gasteiger partial charge >= 0.3 is 0 Å². The van der Waals surface area contributed by atoms with Crippen LogP contribution in [-0.4, -0.2) is 103 Å². The highest BCUT2D eigenvalue weighted by Crippen LogP contribution is 2.25. The molecule has 2 fully saturated rings. The van der Waals surface area contributed by atoms with Gasteiger partial charge in [0.15, 0.2) is 0 Å². The number of nitrogens with zero attached hydrogens (tertiary/aromatic N) is 2. The predicted octanol–water partition coefficient (Wildman–Crippen LogP) is 0.745. The molecule has 0 radical (unpaired) electrons. The lowest BCUT2D eigenvalue weighted by atomic mass is 9.93. The minimum Gasteiger partial charge on any atom is -0.490 e. The summed E-state index contributed by atoms with van der Waals surface area (Å²) in [5, 5.41) is 22.5. The quantitative estimate of drug-likeness (QED) is 0.652. The maximum Gasteiger partial charge on any atom is 0.248 e. The van der Waals surface area contributed by atoms with Crippen molar-refractivity contribution in [3.8, 4) is 5.75 Å². The Balaban J connectivity index is 1.73. The van der Waals surface area contributed by atoms with Gasteiger partial charge in [0.05, 0.1) is 12.1 Å². The summed E-state index contributed by atoms with van der Waals surface area (Å²) in [6.07, 6.45) is 1.13. The fourth-order valence-electron chi connectivity index (χ4n) is 4.24. The maximum atomic E-state index is 12.5. The number of amides is 1. The van der Waals surface area contributed by atoms with E-state index in [1.54, 1.807) is 4.90 Å². The third-order valence-electron chi connectivity index (χ3n) is 6.24. The van der Waals surface area contributed by atoms with Crippen LogP contribution in [-0.2, 0) is 14.3 Å². The SMILES string of the molecule is COCC(=O)N1CCN(CC2(O)CCOCC2)C[C@](O)(COc2ccc(C)c(C)c2)C1. The van der Waals surface area contributed by atoms with Crippen LogP contribution in [0.4, 0.5) is 0 Å². The average Bonchev–Trinajstić information content (AvgIpc) is 2.88. The molecule has 2 heterocycles. The molecule has 2 aliphatic heterocycles. The number of hydrogen-bond acceptors (Lipinski definition) is 7. The number of rotatable bonds is 7. The van der Waals surface area contributed by atoms with Gasteiger partial charge in [0.25, 0.3) is 0 Å². The molecule has 8 heteroatoms. The van der Waals surface area contributed by atoms with Gasteiger partial charge in [0, 0.05) is 59.3 Å². The van der Waals surface area contributed by atoms with Crippen molar-refractivity contribution >= 4 is 5.91 Å². The van der Waals surface area contributed by atoms with Crippen molar-refractivity contribution in [3.05, 3.63) is 29.3 Å². The van der Waals surface area contributed by atoms with Gasteiger partial charge in [-0.3, -0.25) is 9.69 Å². The van der Waals surface area contributed by atoms with Crippen molar-refractivity contribution in [2.75, 3.05) is 66.3 Å². The molecule has 0 unspecified atom stereocenters. The first-order valence-electron chi connectivity index (χ1n) is 10.9. The fourth-order valence-corrected chi connectivity index (χ4v) is 4.24. The van der Waals surface area contributed by atoms with Crippen molar-refractivity contribution in [3.63, 3.8) is 0 Å². The molecular weight excluding hydrogens is 400 g/mol. The molecule has 0 saturated carbocycles. The Morgan fingerprint density at radius 2 is 1.84 bits per heavy atom. The van der Waals surface area contributed by atoms with Crippen molar-refractivity contribution < 1.29 is 29.2 Å². The zero-order valence-electron chi connectivity index (χ0n) is 18.9. The summed E-state index contributed by atoms with van der Waals surface area (Å²) in [6.45, 7) is 7.03. The van der Waals surface area contributed by atoms with Crippen molar-refractivity contribution in [2.24, 2.45) is 0 Å². The van der Waals surface area contributed by atoms with Gasteiger partial charge in [-0.15, -0.1) is 0 Å². The van der Waals surface area contributed by atoms with E-state index >= 15 is 0 Å². The lowest BCUT2D eigenvalue weighted by molar-refractivity contribution is -0.138. The van der Waals surface area contributed by atoms with E-state index in [1.165, 1.54) is 12.7 Å². The molecule has 0 spiro atoms. The van der Waals surface area contributed by atoms with Gasteiger partial charge in [-0.2, -0.15) is 0 Å². The first kappa shape index (κ1) is 23.9. The van der Waals surface area contributed by atoms with Crippen LogP contribution in [0.2, 0.25) is 0 Å². The number of aryl methyl sites for hydroxylation is 2. The fraction of sp³-hybridized carbons (Fsp3) is 0.696. The molecule has 3 rings (SSSR count). The molecular formula is C23H36N2O6. The predicted molar refractivity (Wildman–Crippen MR) is 116 cm³/mol. The molecule has 174 valence electrons.